The molecule has 0 aromatic heterocycles. The topological polar surface area (TPSA) is 99.1 Å². The highest BCUT2D eigenvalue weighted by molar-refractivity contribution is 5.72. The number of rotatable bonds is 44. The molecule has 0 aliphatic heterocycles. The van der Waals surface area contributed by atoms with Crippen LogP contribution in [0.4, 0.5) is 0 Å². The number of carboxylic acids is 1. The van der Waals surface area contributed by atoms with E-state index >= 15 is 0 Å². The van der Waals surface area contributed by atoms with Crippen LogP contribution < -0.4 is 0 Å². The van der Waals surface area contributed by atoms with Gasteiger partial charge in [-0.1, -0.05) is 196 Å². The number of esters is 2. The predicted octanol–water partition coefficient (Wildman–Crippen LogP) is 14.3. The molecule has 0 saturated carbocycles. The number of carbonyl (C=O) groups excluding carboxylic acids is 2. The van der Waals surface area contributed by atoms with Crippen LogP contribution in [-0.4, -0.2) is 80.6 Å². The highest BCUT2D eigenvalue weighted by atomic mass is 16.6. The molecule has 0 amide bonds. The summed E-state index contributed by atoms with van der Waals surface area (Å²) in [6.07, 6.45) is 56.7. The number of ether oxygens (including phenoxy) is 3. The zero-order chi connectivity index (χ0) is 45.6. The fourth-order valence-corrected chi connectivity index (χ4v) is 7.05. The summed E-state index contributed by atoms with van der Waals surface area (Å²) in [6, 6.07) is -0.625. The Morgan fingerprint density at radius 2 is 0.903 bits per heavy atom. The molecule has 356 valence electrons. The molecule has 0 aliphatic rings. The van der Waals surface area contributed by atoms with E-state index in [4.69, 9.17) is 14.2 Å². The van der Waals surface area contributed by atoms with E-state index in [1.807, 2.05) is 21.1 Å². The number of hydrogen-bond donors (Lipinski definition) is 1. The minimum atomic E-state index is -0.883. The third-order valence-electron chi connectivity index (χ3n) is 10.9. The monoisotopic (exact) mass is 869 g/mol. The highest BCUT2D eigenvalue weighted by Crippen LogP contribution is 2.15. The zero-order valence-corrected chi connectivity index (χ0v) is 40.6. The minimum Gasteiger partial charge on any atom is -0.477 e. The van der Waals surface area contributed by atoms with Gasteiger partial charge in [0, 0.05) is 19.3 Å². The van der Waals surface area contributed by atoms with Crippen LogP contribution in [0.2, 0.25) is 0 Å². The van der Waals surface area contributed by atoms with Crippen LogP contribution in [0, 0.1) is 0 Å². The summed E-state index contributed by atoms with van der Waals surface area (Å²) in [6.45, 7) is 4.58. The van der Waals surface area contributed by atoms with Crippen LogP contribution in [0.25, 0.3) is 0 Å². The van der Waals surface area contributed by atoms with Gasteiger partial charge in [0.2, 0.25) is 0 Å². The van der Waals surface area contributed by atoms with Crippen LogP contribution in [0.1, 0.15) is 200 Å². The average Bonchev–Trinajstić information content (AvgIpc) is 3.23. The molecule has 0 fully saturated rings. The number of unbranched alkanes of at least 4 members (excludes halogenated alkanes) is 18. The van der Waals surface area contributed by atoms with Crippen molar-refractivity contribution in [3.05, 3.63) is 72.9 Å². The van der Waals surface area contributed by atoms with Crippen molar-refractivity contribution in [1.29, 1.82) is 0 Å². The van der Waals surface area contributed by atoms with Gasteiger partial charge in [0.15, 0.2) is 12.1 Å². The standard InChI is InChI=1S/C54H93NO7/c1-6-8-10-12-14-16-18-20-22-24-26-27-29-30-32-34-36-38-40-42-44-52(56)61-49-50(48-60-47-46-51(54(58)59)55(3,4)5)62-53(57)45-43-41-39-37-35-33-31-28-25-23-21-19-17-15-13-11-9-7-2/h8,10,14,16,20,22,26-27,30,32,36,38,50-51H,6-7,9,11-13,15,17-19,21,23-25,28-29,31,33-35,37,39-49H2,1-5H3/p+1/b10-8+,16-14+,22-20+,27-26+,32-30+,38-36+. The molecular formula is C54H94NO7+. The van der Waals surface area contributed by atoms with E-state index in [9.17, 15) is 19.5 Å². The number of aliphatic carboxylic acids is 1. The van der Waals surface area contributed by atoms with Gasteiger partial charge >= 0.3 is 17.9 Å². The zero-order valence-electron chi connectivity index (χ0n) is 40.6. The Bertz CT molecular complexity index is 1240. The first-order valence-corrected chi connectivity index (χ1v) is 25.0. The summed E-state index contributed by atoms with van der Waals surface area (Å²) >= 11 is 0. The molecule has 62 heavy (non-hydrogen) atoms. The highest BCUT2D eigenvalue weighted by Gasteiger charge is 2.31. The summed E-state index contributed by atoms with van der Waals surface area (Å²) < 4.78 is 17.3. The molecule has 0 radical (unpaired) electrons. The summed E-state index contributed by atoms with van der Waals surface area (Å²) in [5.74, 6) is -1.54. The van der Waals surface area contributed by atoms with E-state index < -0.39 is 18.1 Å². The Labute approximate surface area is 381 Å². The second kappa shape index (κ2) is 44.4. The largest absolute Gasteiger partial charge is 0.477 e. The Morgan fingerprint density at radius 3 is 1.32 bits per heavy atom. The summed E-state index contributed by atoms with van der Waals surface area (Å²) in [7, 11) is 5.51. The van der Waals surface area contributed by atoms with Gasteiger partial charge in [-0.2, -0.15) is 0 Å². The van der Waals surface area contributed by atoms with E-state index in [0.29, 0.717) is 19.3 Å². The van der Waals surface area contributed by atoms with E-state index in [-0.39, 0.29) is 42.7 Å². The first kappa shape index (κ1) is 58.8. The van der Waals surface area contributed by atoms with Crippen LogP contribution >= 0.6 is 0 Å². The maximum absolute atomic E-state index is 12.8. The van der Waals surface area contributed by atoms with Crippen molar-refractivity contribution >= 4 is 17.9 Å². The Kier molecular flexibility index (Phi) is 42.1. The third-order valence-corrected chi connectivity index (χ3v) is 10.9. The van der Waals surface area contributed by atoms with E-state index in [1.165, 1.54) is 96.3 Å². The lowest BCUT2D eigenvalue weighted by Gasteiger charge is -2.31. The molecular weight excluding hydrogens is 775 g/mol. The Hall–Kier alpha value is -3.23. The summed E-state index contributed by atoms with van der Waals surface area (Å²) in [4.78, 5) is 37.1. The van der Waals surface area contributed by atoms with Gasteiger partial charge in [-0.3, -0.25) is 9.59 Å². The minimum absolute atomic E-state index is 0.0418. The number of hydrogen-bond acceptors (Lipinski definition) is 6. The van der Waals surface area contributed by atoms with Crippen molar-refractivity contribution in [2.45, 2.75) is 212 Å². The first-order chi connectivity index (χ1) is 30.1. The Balaban J connectivity index is 4.36. The molecule has 0 spiro atoms. The molecule has 8 heteroatoms. The summed E-state index contributed by atoms with van der Waals surface area (Å²) in [5.41, 5.74) is 0. The fourth-order valence-electron chi connectivity index (χ4n) is 7.05. The van der Waals surface area contributed by atoms with Crippen molar-refractivity contribution in [3.63, 3.8) is 0 Å². The fraction of sp³-hybridized carbons (Fsp3) is 0.722. The van der Waals surface area contributed by atoms with Crippen LogP contribution in [0.15, 0.2) is 72.9 Å². The lowest BCUT2D eigenvalue weighted by atomic mass is 10.0. The number of carboxylic acid groups (broad SMARTS) is 1. The normalized spacial score (nSPS) is 13.5. The van der Waals surface area contributed by atoms with Gasteiger partial charge in [-0.05, 0) is 57.8 Å². The van der Waals surface area contributed by atoms with Gasteiger partial charge in [0.25, 0.3) is 0 Å². The van der Waals surface area contributed by atoms with E-state index in [1.54, 1.807) is 0 Å². The van der Waals surface area contributed by atoms with Crippen molar-refractivity contribution in [2.75, 3.05) is 41.0 Å². The second-order valence-corrected chi connectivity index (χ2v) is 17.7. The van der Waals surface area contributed by atoms with Gasteiger partial charge in [-0.25, -0.2) is 4.79 Å². The van der Waals surface area contributed by atoms with Crippen molar-refractivity contribution in [1.82, 2.24) is 0 Å². The molecule has 0 heterocycles. The molecule has 8 nitrogen and oxygen atoms in total. The number of allylic oxidation sites excluding steroid dienone is 12. The summed E-state index contributed by atoms with van der Waals surface area (Å²) in [5, 5.41) is 9.65. The first-order valence-electron chi connectivity index (χ1n) is 25.0. The van der Waals surface area contributed by atoms with Gasteiger partial charge < -0.3 is 23.8 Å². The molecule has 0 saturated heterocycles. The lowest BCUT2D eigenvalue weighted by molar-refractivity contribution is -0.887. The maximum Gasteiger partial charge on any atom is 0.362 e. The smallest absolute Gasteiger partial charge is 0.362 e. The molecule has 0 aliphatic carbocycles. The Morgan fingerprint density at radius 1 is 0.500 bits per heavy atom. The lowest BCUT2D eigenvalue weighted by Crippen LogP contribution is -2.50. The third kappa shape index (κ3) is 42.1. The van der Waals surface area contributed by atoms with Crippen molar-refractivity contribution in [3.8, 4) is 0 Å². The quantitative estimate of drug-likeness (QED) is 0.0282. The van der Waals surface area contributed by atoms with Crippen LogP contribution in [0.3, 0.4) is 0 Å². The van der Waals surface area contributed by atoms with Crippen molar-refractivity contribution in [2.24, 2.45) is 0 Å². The number of quaternary nitrogens is 1. The van der Waals surface area contributed by atoms with Crippen LogP contribution in [-0.2, 0) is 28.6 Å². The maximum atomic E-state index is 12.8. The number of likely N-dealkylation sites (N-methyl/N-ethyl adjacent to an activating group) is 1. The average molecular weight is 869 g/mol. The van der Waals surface area contributed by atoms with Gasteiger partial charge in [-0.15, -0.1) is 0 Å². The molecule has 0 aromatic carbocycles. The van der Waals surface area contributed by atoms with E-state index in [0.717, 1.165) is 64.2 Å². The molecule has 1 N–H and O–H groups in total. The molecule has 0 rings (SSSR count). The predicted molar refractivity (Wildman–Crippen MR) is 261 cm³/mol. The molecule has 0 bridgehead atoms. The molecule has 0 aromatic rings. The van der Waals surface area contributed by atoms with E-state index in [2.05, 4.69) is 86.8 Å². The number of carbonyl (C=O) groups is 3. The molecule has 2 unspecified atom stereocenters. The van der Waals surface area contributed by atoms with Gasteiger partial charge in [0.1, 0.15) is 6.61 Å². The van der Waals surface area contributed by atoms with Gasteiger partial charge in [0.05, 0.1) is 34.4 Å². The molecule has 2 atom stereocenters. The SMILES string of the molecule is CC/C=C/C/C=C/C/C=C/C/C=C/C/C=C/C/C=C/CCCC(=O)OCC(COCCC(C(=O)O)[N+](C)(C)C)OC(=O)CCCCCCCCCCCCCCCCCCCC. The van der Waals surface area contributed by atoms with Crippen LogP contribution in [0.5, 0.6) is 0 Å². The second-order valence-electron chi connectivity index (χ2n) is 17.7. The number of nitrogens with zero attached hydrogens (tertiary/aromatic N) is 1. The van der Waals surface area contributed by atoms with Crippen molar-refractivity contribution < 1.29 is 38.2 Å².